The van der Waals surface area contributed by atoms with Crippen molar-refractivity contribution < 1.29 is 9.53 Å². The zero-order valence-corrected chi connectivity index (χ0v) is 15.8. The fourth-order valence-corrected chi connectivity index (χ4v) is 2.99. The number of hydrogen-bond donors (Lipinski definition) is 1. The van der Waals surface area contributed by atoms with E-state index in [0.29, 0.717) is 0 Å². The van der Waals surface area contributed by atoms with Crippen molar-refractivity contribution in [3.63, 3.8) is 0 Å². The molecule has 3 nitrogen and oxygen atoms in total. The van der Waals surface area contributed by atoms with E-state index < -0.39 is 6.23 Å². The van der Waals surface area contributed by atoms with Crippen LogP contribution in [-0.2, 0) is 9.53 Å². The van der Waals surface area contributed by atoms with Crippen LogP contribution in [0.5, 0.6) is 0 Å². The van der Waals surface area contributed by atoms with Crippen molar-refractivity contribution in [2.45, 2.75) is 123 Å². The normalized spacial score (nSPS) is 11.8. The van der Waals surface area contributed by atoms with Crippen molar-refractivity contribution in [2.75, 3.05) is 0 Å². The molecule has 0 aliphatic heterocycles. The van der Waals surface area contributed by atoms with Crippen LogP contribution in [0.15, 0.2) is 0 Å². The first-order valence-corrected chi connectivity index (χ1v) is 10.1. The van der Waals surface area contributed by atoms with Gasteiger partial charge in [0.25, 0.3) is 0 Å². The Kier molecular flexibility index (Phi) is 23.4. The highest BCUT2D eigenvalue weighted by atomic mass is 24.3. The van der Waals surface area contributed by atoms with Gasteiger partial charge in [-0.15, -0.1) is 0 Å². The summed E-state index contributed by atoms with van der Waals surface area (Å²) < 4.78 is 4.91. The minimum atomic E-state index is -0.408. The number of ether oxygens (including phenoxy) is 1. The minimum absolute atomic E-state index is 0. The van der Waals surface area contributed by atoms with Crippen LogP contribution in [0.2, 0.25) is 0 Å². The van der Waals surface area contributed by atoms with Crippen LogP contribution in [0.1, 0.15) is 117 Å². The summed E-state index contributed by atoms with van der Waals surface area (Å²) in [6.45, 7) is 3.68. The molecule has 0 spiro atoms. The van der Waals surface area contributed by atoms with Crippen LogP contribution >= 0.6 is 0 Å². The van der Waals surface area contributed by atoms with E-state index in [2.05, 4.69) is 6.92 Å². The molecule has 0 aromatic heterocycles. The summed E-state index contributed by atoms with van der Waals surface area (Å²) in [6, 6.07) is 0. The van der Waals surface area contributed by atoms with Gasteiger partial charge in [-0.25, -0.2) is 0 Å². The molecular formula is C20H43MgNO2. The number of carbonyl (C=O) groups excluding carboxylic acids is 1. The second-order valence-corrected chi connectivity index (χ2v) is 6.89. The van der Waals surface area contributed by atoms with Crippen LogP contribution in [-0.4, -0.2) is 35.2 Å². The maximum atomic E-state index is 10.7. The Labute approximate surface area is 167 Å². The topological polar surface area (TPSA) is 52.3 Å². The first-order chi connectivity index (χ1) is 11.2. The van der Waals surface area contributed by atoms with Crippen molar-refractivity contribution in [1.82, 2.24) is 0 Å². The van der Waals surface area contributed by atoms with Gasteiger partial charge in [-0.05, 0) is 12.8 Å². The lowest BCUT2D eigenvalue weighted by Crippen LogP contribution is -2.25. The number of rotatable bonds is 17. The zero-order valence-electron chi connectivity index (χ0n) is 15.8. The number of nitrogens with two attached hydrogens (primary N) is 1. The lowest BCUT2D eigenvalue weighted by atomic mass is 10.0. The van der Waals surface area contributed by atoms with E-state index in [4.69, 9.17) is 10.5 Å². The van der Waals surface area contributed by atoms with Crippen LogP contribution in [0.25, 0.3) is 0 Å². The van der Waals surface area contributed by atoms with E-state index in [1.165, 1.54) is 96.8 Å². The zero-order chi connectivity index (χ0) is 17.2. The van der Waals surface area contributed by atoms with Gasteiger partial charge in [-0.1, -0.05) is 96.8 Å². The van der Waals surface area contributed by atoms with Crippen LogP contribution in [0, 0.1) is 0 Å². The Balaban J connectivity index is 0. The van der Waals surface area contributed by atoms with Gasteiger partial charge in [0.1, 0.15) is 0 Å². The Morgan fingerprint density at radius 1 is 0.750 bits per heavy atom. The average molecular weight is 354 g/mol. The van der Waals surface area contributed by atoms with Gasteiger partial charge >= 0.3 is 29.0 Å². The molecule has 1 unspecified atom stereocenters. The summed E-state index contributed by atoms with van der Waals surface area (Å²) in [5, 5.41) is 0. The molecule has 0 rings (SSSR count). The van der Waals surface area contributed by atoms with Crippen LogP contribution in [0.4, 0.5) is 0 Å². The molecule has 0 amide bonds. The van der Waals surface area contributed by atoms with Crippen molar-refractivity contribution >= 4 is 29.0 Å². The highest BCUT2D eigenvalue weighted by Gasteiger charge is 2.04. The second-order valence-electron chi connectivity index (χ2n) is 6.89. The Morgan fingerprint density at radius 2 is 1.08 bits per heavy atom. The smallest absolute Gasteiger partial charge is 0.316 e. The third kappa shape index (κ3) is 22.2. The Morgan fingerprint density at radius 3 is 1.42 bits per heavy atom. The molecule has 142 valence electrons. The molecule has 0 aliphatic rings. The maximum Gasteiger partial charge on any atom is 0.316 e. The Bertz CT molecular complexity index is 262. The quantitative estimate of drug-likeness (QED) is 0.170. The molecule has 4 heteroatoms. The highest BCUT2D eigenvalue weighted by molar-refractivity contribution is 5.75. The van der Waals surface area contributed by atoms with E-state index in [0.717, 1.165) is 12.8 Å². The summed E-state index contributed by atoms with van der Waals surface area (Å²) in [6.07, 6.45) is 20.8. The van der Waals surface area contributed by atoms with Crippen LogP contribution < -0.4 is 5.73 Å². The molecule has 2 N–H and O–H groups in total. The standard InChI is InChI=1S/C20H41NO2.Mg.2H/c1-3-4-5-6-7-8-9-10-11-12-13-14-15-16-17-18-20(21)23-19(2)22;;;/h20H,3-18,21H2,1-2H3;;;. The molecule has 0 saturated carbocycles. The monoisotopic (exact) mass is 353 g/mol. The molecule has 0 heterocycles. The minimum Gasteiger partial charge on any atom is -0.447 e. The molecule has 0 fully saturated rings. The molecule has 1 atom stereocenters. The predicted octanol–water partition coefficient (Wildman–Crippen LogP) is 5.18. The van der Waals surface area contributed by atoms with E-state index in [1.54, 1.807) is 0 Å². The van der Waals surface area contributed by atoms with Crippen molar-refractivity contribution in [3.05, 3.63) is 0 Å². The van der Waals surface area contributed by atoms with Crippen molar-refractivity contribution in [2.24, 2.45) is 5.73 Å². The Hall–Kier alpha value is 0.196. The summed E-state index contributed by atoms with van der Waals surface area (Å²) in [5.41, 5.74) is 5.69. The van der Waals surface area contributed by atoms with Gasteiger partial charge < -0.3 is 4.74 Å². The van der Waals surface area contributed by atoms with E-state index in [1.807, 2.05) is 0 Å². The van der Waals surface area contributed by atoms with Gasteiger partial charge in [0, 0.05) is 6.92 Å². The summed E-state index contributed by atoms with van der Waals surface area (Å²) in [5.74, 6) is -0.279. The molecule has 0 aliphatic carbocycles. The predicted molar refractivity (Wildman–Crippen MR) is 108 cm³/mol. The third-order valence-electron chi connectivity index (χ3n) is 4.41. The molecule has 24 heavy (non-hydrogen) atoms. The van der Waals surface area contributed by atoms with Crippen molar-refractivity contribution in [1.29, 1.82) is 0 Å². The van der Waals surface area contributed by atoms with Crippen molar-refractivity contribution in [3.8, 4) is 0 Å². The van der Waals surface area contributed by atoms with Gasteiger partial charge in [0.15, 0.2) is 6.23 Å². The van der Waals surface area contributed by atoms with E-state index in [9.17, 15) is 4.79 Å². The molecule has 0 aromatic rings. The largest absolute Gasteiger partial charge is 0.447 e. The molecule has 0 aromatic carbocycles. The van der Waals surface area contributed by atoms with Gasteiger partial charge in [-0.3, -0.25) is 10.5 Å². The number of unbranched alkanes of at least 4 members (excludes halogenated alkanes) is 14. The number of hydrogen-bond acceptors (Lipinski definition) is 3. The SMILES string of the molecule is CCCCCCCCCCCCCCCCCC(N)OC(C)=O.[MgH2]. The lowest BCUT2D eigenvalue weighted by Gasteiger charge is -2.10. The number of carbonyl (C=O) groups is 1. The highest BCUT2D eigenvalue weighted by Crippen LogP contribution is 2.14. The molecular weight excluding hydrogens is 311 g/mol. The number of esters is 1. The van der Waals surface area contributed by atoms with Gasteiger partial charge in [0.05, 0.1) is 0 Å². The maximum absolute atomic E-state index is 10.7. The van der Waals surface area contributed by atoms with Gasteiger partial charge in [0.2, 0.25) is 0 Å². The third-order valence-corrected chi connectivity index (χ3v) is 4.41. The molecule has 0 bridgehead atoms. The average Bonchev–Trinajstić information content (AvgIpc) is 2.50. The fraction of sp³-hybridized carbons (Fsp3) is 0.950. The molecule has 0 saturated heterocycles. The summed E-state index contributed by atoms with van der Waals surface area (Å²) >= 11 is 0. The molecule has 0 radical (unpaired) electrons. The second kappa shape index (κ2) is 21.2. The first kappa shape index (κ1) is 26.4. The van der Waals surface area contributed by atoms with E-state index >= 15 is 0 Å². The lowest BCUT2D eigenvalue weighted by molar-refractivity contribution is -0.146. The van der Waals surface area contributed by atoms with Crippen LogP contribution in [0.3, 0.4) is 0 Å². The summed E-state index contributed by atoms with van der Waals surface area (Å²) in [4.78, 5) is 10.7. The first-order valence-electron chi connectivity index (χ1n) is 10.1. The van der Waals surface area contributed by atoms with E-state index in [-0.39, 0.29) is 29.0 Å². The summed E-state index contributed by atoms with van der Waals surface area (Å²) in [7, 11) is 0. The van der Waals surface area contributed by atoms with Gasteiger partial charge in [-0.2, -0.15) is 0 Å². The fourth-order valence-electron chi connectivity index (χ4n) is 2.99.